The van der Waals surface area contributed by atoms with E-state index in [-0.39, 0.29) is 9.92 Å². The van der Waals surface area contributed by atoms with Gasteiger partial charge < -0.3 is 10.5 Å². The van der Waals surface area contributed by atoms with Crippen LogP contribution >= 0.6 is 11.6 Å². The van der Waals surface area contributed by atoms with Crippen LogP contribution in [0.15, 0.2) is 23.1 Å². The molecular formula is C12H19ClN2O3S. The second-order valence-corrected chi connectivity index (χ2v) is 6.06. The van der Waals surface area contributed by atoms with Crippen molar-refractivity contribution < 1.29 is 13.2 Å². The fourth-order valence-corrected chi connectivity index (χ4v) is 3.13. The summed E-state index contributed by atoms with van der Waals surface area (Å²) in [5.74, 6) is 0. The third kappa shape index (κ3) is 5.08. The van der Waals surface area contributed by atoms with Crippen molar-refractivity contribution in [2.45, 2.75) is 24.8 Å². The van der Waals surface area contributed by atoms with E-state index in [0.29, 0.717) is 32.7 Å². The number of hydrogen-bond acceptors (Lipinski definition) is 4. The molecule has 19 heavy (non-hydrogen) atoms. The summed E-state index contributed by atoms with van der Waals surface area (Å²) in [7, 11) is -3.58. The highest BCUT2D eigenvalue weighted by Gasteiger charge is 2.17. The molecule has 108 valence electrons. The quantitative estimate of drug-likeness (QED) is 0.713. The molecule has 0 amide bonds. The van der Waals surface area contributed by atoms with Crippen LogP contribution in [0.2, 0.25) is 5.02 Å². The highest BCUT2D eigenvalue weighted by molar-refractivity contribution is 7.89. The molecule has 0 aliphatic heterocycles. The maximum absolute atomic E-state index is 12.0. The lowest BCUT2D eigenvalue weighted by atomic mass is 10.2. The van der Waals surface area contributed by atoms with E-state index < -0.39 is 10.0 Å². The molecule has 0 atom stereocenters. The Labute approximate surface area is 119 Å². The molecule has 1 aromatic rings. The summed E-state index contributed by atoms with van der Waals surface area (Å²) in [6, 6.07) is 4.69. The summed E-state index contributed by atoms with van der Waals surface area (Å²) < 4.78 is 31.7. The van der Waals surface area contributed by atoms with Gasteiger partial charge in [0.25, 0.3) is 0 Å². The van der Waals surface area contributed by atoms with Crippen molar-refractivity contribution in [3.63, 3.8) is 0 Å². The molecule has 0 saturated heterocycles. The van der Waals surface area contributed by atoms with Crippen molar-refractivity contribution in [2.24, 2.45) is 5.73 Å². The number of rotatable bonds is 8. The first kappa shape index (κ1) is 16.4. The Bertz CT molecular complexity index is 506. The van der Waals surface area contributed by atoms with Gasteiger partial charge >= 0.3 is 0 Å². The van der Waals surface area contributed by atoms with Gasteiger partial charge in [0, 0.05) is 26.3 Å². The Morgan fingerprint density at radius 1 is 1.42 bits per heavy atom. The normalized spacial score (nSPS) is 11.7. The molecule has 5 nitrogen and oxygen atoms in total. The molecule has 0 aliphatic carbocycles. The minimum atomic E-state index is -3.58. The van der Waals surface area contributed by atoms with E-state index >= 15 is 0 Å². The van der Waals surface area contributed by atoms with Crippen LogP contribution in [-0.4, -0.2) is 28.2 Å². The number of halogens is 1. The Morgan fingerprint density at radius 2 is 2.16 bits per heavy atom. The van der Waals surface area contributed by atoms with Crippen LogP contribution in [0.25, 0.3) is 0 Å². The van der Waals surface area contributed by atoms with E-state index in [9.17, 15) is 8.42 Å². The van der Waals surface area contributed by atoms with E-state index in [0.717, 1.165) is 5.56 Å². The zero-order valence-corrected chi connectivity index (χ0v) is 12.4. The summed E-state index contributed by atoms with van der Waals surface area (Å²) >= 11 is 5.96. The van der Waals surface area contributed by atoms with Crippen molar-refractivity contribution >= 4 is 21.6 Å². The molecule has 1 aromatic carbocycles. The van der Waals surface area contributed by atoms with Crippen LogP contribution in [-0.2, 0) is 21.3 Å². The largest absolute Gasteiger partial charge is 0.382 e. The molecule has 1 rings (SSSR count). The first-order chi connectivity index (χ1) is 9.01. The van der Waals surface area contributed by atoms with Crippen LogP contribution in [0.5, 0.6) is 0 Å². The van der Waals surface area contributed by atoms with Crippen molar-refractivity contribution in [1.29, 1.82) is 0 Å². The van der Waals surface area contributed by atoms with Crippen molar-refractivity contribution in [3.8, 4) is 0 Å². The molecule has 0 heterocycles. The van der Waals surface area contributed by atoms with Gasteiger partial charge in [-0.25, -0.2) is 13.1 Å². The van der Waals surface area contributed by atoms with Crippen LogP contribution < -0.4 is 10.5 Å². The first-order valence-electron chi connectivity index (χ1n) is 6.07. The first-order valence-corrected chi connectivity index (χ1v) is 7.93. The van der Waals surface area contributed by atoms with Gasteiger partial charge in [-0.05, 0) is 31.0 Å². The summed E-state index contributed by atoms with van der Waals surface area (Å²) in [4.78, 5) is 0.0720. The molecule has 0 saturated carbocycles. The van der Waals surface area contributed by atoms with E-state index in [4.69, 9.17) is 22.1 Å². The van der Waals surface area contributed by atoms with Gasteiger partial charge in [-0.2, -0.15) is 0 Å². The third-order valence-corrected chi connectivity index (χ3v) is 4.43. The number of sulfonamides is 1. The molecule has 0 radical (unpaired) electrons. The average molecular weight is 307 g/mol. The molecule has 0 bridgehead atoms. The van der Waals surface area contributed by atoms with Crippen molar-refractivity contribution in [2.75, 3.05) is 19.8 Å². The van der Waals surface area contributed by atoms with Gasteiger partial charge in [0.15, 0.2) is 0 Å². The lowest BCUT2D eigenvalue weighted by molar-refractivity contribution is 0.146. The van der Waals surface area contributed by atoms with Gasteiger partial charge in [-0.1, -0.05) is 17.7 Å². The molecule has 0 spiro atoms. The summed E-state index contributed by atoms with van der Waals surface area (Å²) in [5, 5.41) is 0.181. The Hall–Kier alpha value is -0.660. The highest BCUT2D eigenvalue weighted by Crippen LogP contribution is 2.22. The standard InChI is InChI=1S/C12H19ClN2O3S/c1-2-18-7-3-6-15-19(16,17)12-5-4-10(9-14)8-11(12)13/h4-5,8,15H,2-3,6-7,9,14H2,1H3. The van der Waals surface area contributed by atoms with Gasteiger partial charge in [-0.15, -0.1) is 0 Å². The predicted molar refractivity (Wildman–Crippen MR) is 75.6 cm³/mol. The van der Waals surface area contributed by atoms with Crippen molar-refractivity contribution in [3.05, 3.63) is 28.8 Å². The Balaban J connectivity index is 2.67. The SMILES string of the molecule is CCOCCCNS(=O)(=O)c1ccc(CN)cc1Cl. The lowest BCUT2D eigenvalue weighted by Gasteiger charge is -2.09. The zero-order valence-electron chi connectivity index (χ0n) is 10.9. The zero-order chi connectivity index (χ0) is 14.3. The van der Waals surface area contributed by atoms with Gasteiger partial charge in [0.2, 0.25) is 10.0 Å². The van der Waals surface area contributed by atoms with Gasteiger partial charge in [0.05, 0.1) is 5.02 Å². The van der Waals surface area contributed by atoms with E-state index in [2.05, 4.69) is 4.72 Å². The van der Waals surface area contributed by atoms with E-state index in [1.54, 1.807) is 12.1 Å². The molecule has 0 unspecified atom stereocenters. The van der Waals surface area contributed by atoms with Crippen LogP contribution in [0.1, 0.15) is 18.9 Å². The summed E-state index contributed by atoms with van der Waals surface area (Å²) in [6.45, 7) is 3.68. The molecular weight excluding hydrogens is 288 g/mol. The molecule has 0 fully saturated rings. The fourth-order valence-electron chi connectivity index (χ4n) is 1.49. The Kier molecular flexibility index (Phi) is 6.74. The molecule has 3 N–H and O–H groups in total. The average Bonchev–Trinajstić information content (AvgIpc) is 2.37. The highest BCUT2D eigenvalue weighted by atomic mass is 35.5. The van der Waals surface area contributed by atoms with Crippen LogP contribution in [0, 0.1) is 0 Å². The van der Waals surface area contributed by atoms with Gasteiger partial charge in [-0.3, -0.25) is 0 Å². The molecule has 0 aliphatic rings. The summed E-state index contributed by atoms with van der Waals surface area (Å²) in [6.07, 6.45) is 0.617. The smallest absolute Gasteiger partial charge is 0.242 e. The number of nitrogens with two attached hydrogens (primary N) is 1. The monoisotopic (exact) mass is 306 g/mol. The lowest BCUT2D eigenvalue weighted by Crippen LogP contribution is -2.26. The molecule has 7 heteroatoms. The maximum atomic E-state index is 12.0. The topological polar surface area (TPSA) is 81.4 Å². The fraction of sp³-hybridized carbons (Fsp3) is 0.500. The predicted octanol–water partition coefficient (Wildman–Crippen LogP) is 1.50. The molecule has 0 aromatic heterocycles. The van der Waals surface area contributed by atoms with E-state index in [1.165, 1.54) is 6.07 Å². The minimum Gasteiger partial charge on any atom is -0.382 e. The second kappa shape index (κ2) is 7.81. The van der Waals surface area contributed by atoms with Crippen LogP contribution in [0.3, 0.4) is 0 Å². The minimum absolute atomic E-state index is 0.0720. The van der Waals surface area contributed by atoms with Crippen molar-refractivity contribution in [1.82, 2.24) is 4.72 Å². The second-order valence-electron chi connectivity index (χ2n) is 3.92. The van der Waals surface area contributed by atoms with Gasteiger partial charge in [0.1, 0.15) is 4.90 Å². The number of benzene rings is 1. The number of hydrogen-bond donors (Lipinski definition) is 2. The van der Waals surface area contributed by atoms with Crippen LogP contribution in [0.4, 0.5) is 0 Å². The maximum Gasteiger partial charge on any atom is 0.242 e. The number of nitrogens with one attached hydrogen (secondary N) is 1. The third-order valence-electron chi connectivity index (χ3n) is 2.48. The number of ether oxygens (including phenoxy) is 1. The van der Waals surface area contributed by atoms with E-state index in [1.807, 2.05) is 6.92 Å². The summed E-state index contributed by atoms with van der Waals surface area (Å²) in [5.41, 5.74) is 6.26. The Morgan fingerprint density at radius 3 is 2.74 bits per heavy atom.